The molecule has 2 aromatic rings. The van der Waals surface area contributed by atoms with E-state index in [4.69, 9.17) is 16.3 Å². The number of ether oxygens (including phenoxy) is 1. The highest BCUT2D eigenvalue weighted by atomic mass is 35.5. The van der Waals surface area contributed by atoms with Gasteiger partial charge >= 0.3 is 0 Å². The number of nitrogens with zero attached hydrogens (tertiary/aromatic N) is 2. The van der Waals surface area contributed by atoms with E-state index in [1.165, 1.54) is 0 Å². The molecular weight excluding hydrogens is 262 g/mol. The molecule has 2 rings (SSSR count). The molecule has 0 aliphatic heterocycles. The summed E-state index contributed by atoms with van der Waals surface area (Å²) in [6.45, 7) is 3.85. The van der Waals surface area contributed by atoms with E-state index in [1.807, 2.05) is 31.4 Å². The summed E-state index contributed by atoms with van der Waals surface area (Å²) in [4.78, 5) is 0. The average Bonchev–Trinajstić information content (AvgIpc) is 2.78. The van der Waals surface area contributed by atoms with Gasteiger partial charge in [0.1, 0.15) is 5.75 Å². The third-order valence-corrected chi connectivity index (χ3v) is 2.91. The minimum Gasteiger partial charge on any atom is -0.454 e. The zero-order valence-corrected chi connectivity index (χ0v) is 11.9. The Morgan fingerprint density at radius 1 is 1.42 bits per heavy atom. The minimum absolute atomic E-state index is 0.715. The van der Waals surface area contributed by atoms with Crippen LogP contribution in [0, 0.1) is 0 Å². The number of benzene rings is 1. The topological polar surface area (TPSA) is 39.1 Å². The number of aryl methyl sites for hydroxylation is 1. The van der Waals surface area contributed by atoms with Crippen LogP contribution in [0.25, 0.3) is 0 Å². The van der Waals surface area contributed by atoms with Crippen molar-refractivity contribution in [2.75, 3.05) is 6.54 Å². The summed E-state index contributed by atoms with van der Waals surface area (Å²) < 4.78 is 7.54. The lowest BCUT2D eigenvalue weighted by Gasteiger charge is -2.11. The molecule has 102 valence electrons. The van der Waals surface area contributed by atoms with Crippen molar-refractivity contribution in [3.63, 3.8) is 0 Å². The molecule has 1 aromatic carbocycles. The maximum atomic E-state index is 6.04. The molecule has 0 radical (unpaired) electrons. The van der Waals surface area contributed by atoms with Gasteiger partial charge in [-0.25, -0.2) is 0 Å². The Morgan fingerprint density at radius 3 is 2.95 bits per heavy atom. The first-order valence-electron chi connectivity index (χ1n) is 6.34. The average molecular weight is 280 g/mol. The van der Waals surface area contributed by atoms with Gasteiger partial charge < -0.3 is 10.1 Å². The lowest BCUT2D eigenvalue weighted by atomic mass is 10.2. The highest BCUT2D eigenvalue weighted by Crippen LogP contribution is 2.27. The van der Waals surface area contributed by atoms with E-state index >= 15 is 0 Å². The molecule has 0 amide bonds. The fourth-order valence-electron chi connectivity index (χ4n) is 1.76. The molecule has 0 spiro atoms. The van der Waals surface area contributed by atoms with Crippen molar-refractivity contribution in [1.29, 1.82) is 0 Å². The molecule has 0 aliphatic carbocycles. The number of rotatable bonds is 6. The van der Waals surface area contributed by atoms with E-state index in [9.17, 15) is 0 Å². The zero-order chi connectivity index (χ0) is 13.7. The van der Waals surface area contributed by atoms with Gasteiger partial charge in [-0.05, 0) is 31.2 Å². The monoisotopic (exact) mass is 279 g/mol. The van der Waals surface area contributed by atoms with Gasteiger partial charge in [0, 0.05) is 24.2 Å². The van der Waals surface area contributed by atoms with Crippen LogP contribution in [-0.4, -0.2) is 16.3 Å². The van der Waals surface area contributed by atoms with Gasteiger partial charge in [-0.15, -0.1) is 0 Å². The van der Waals surface area contributed by atoms with Gasteiger partial charge in [-0.2, -0.15) is 5.10 Å². The van der Waals surface area contributed by atoms with E-state index < -0.39 is 0 Å². The molecule has 0 atom stereocenters. The van der Waals surface area contributed by atoms with Gasteiger partial charge in [-0.3, -0.25) is 4.68 Å². The second kappa shape index (κ2) is 6.59. The summed E-state index contributed by atoms with van der Waals surface area (Å²) in [7, 11) is 1.86. The SMILES string of the molecule is CCCNCc1cc(Cl)ccc1Oc1cnn(C)c1. The normalized spacial score (nSPS) is 10.7. The smallest absolute Gasteiger partial charge is 0.165 e. The van der Waals surface area contributed by atoms with Crippen LogP contribution in [0.4, 0.5) is 0 Å². The van der Waals surface area contributed by atoms with Crippen LogP contribution in [0.2, 0.25) is 5.02 Å². The maximum absolute atomic E-state index is 6.04. The van der Waals surface area contributed by atoms with E-state index in [1.54, 1.807) is 10.9 Å². The van der Waals surface area contributed by atoms with E-state index in [-0.39, 0.29) is 0 Å². The van der Waals surface area contributed by atoms with Crippen molar-refractivity contribution in [2.45, 2.75) is 19.9 Å². The van der Waals surface area contributed by atoms with Crippen molar-refractivity contribution in [1.82, 2.24) is 15.1 Å². The van der Waals surface area contributed by atoms with Crippen LogP contribution < -0.4 is 10.1 Å². The van der Waals surface area contributed by atoms with Crippen molar-refractivity contribution in [2.24, 2.45) is 7.05 Å². The highest BCUT2D eigenvalue weighted by Gasteiger charge is 2.07. The summed E-state index contributed by atoms with van der Waals surface area (Å²) in [5.41, 5.74) is 1.05. The summed E-state index contributed by atoms with van der Waals surface area (Å²) in [5.74, 6) is 1.53. The molecule has 0 aliphatic rings. The minimum atomic E-state index is 0.715. The Bertz CT molecular complexity index is 539. The maximum Gasteiger partial charge on any atom is 0.165 e. The summed E-state index contributed by atoms with van der Waals surface area (Å²) in [5, 5.41) is 8.15. The lowest BCUT2D eigenvalue weighted by molar-refractivity contribution is 0.472. The first-order valence-corrected chi connectivity index (χ1v) is 6.72. The Balaban J connectivity index is 2.14. The molecule has 5 heteroatoms. The molecule has 0 saturated carbocycles. The molecule has 1 aromatic heterocycles. The van der Waals surface area contributed by atoms with Crippen LogP contribution in [-0.2, 0) is 13.6 Å². The second-order valence-electron chi connectivity index (χ2n) is 4.38. The predicted octanol–water partition coefficient (Wildman–Crippen LogP) is 3.37. The predicted molar refractivity (Wildman–Crippen MR) is 76.7 cm³/mol. The molecule has 0 fully saturated rings. The molecule has 1 heterocycles. The van der Waals surface area contributed by atoms with E-state index in [0.717, 1.165) is 36.6 Å². The van der Waals surface area contributed by atoms with Gasteiger partial charge in [-0.1, -0.05) is 18.5 Å². The molecule has 4 nitrogen and oxygen atoms in total. The van der Waals surface area contributed by atoms with Crippen LogP contribution in [0.3, 0.4) is 0 Å². The van der Waals surface area contributed by atoms with Crippen LogP contribution in [0.15, 0.2) is 30.6 Å². The van der Waals surface area contributed by atoms with Crippen LogP contribution in [0.1, 0.15) is 18.9 Å². The quantitative estimate of drug-likeness (QED) is 0.824. The second-order valence-corrected chi connectivity index (χ2v) is 4.82. The molecule has 0 bridgehead atoms. The third kappa shape index (κ3) is 3.98. The van der Waals surface area contributed by atoms with E-state index in [0.29, 0.717) is 5.02 Å². The number of halogens is 1. The standard InChI is InChI=1S/C14H18ClN3O/c1-3-6-16-8-11-7-12(15)4-5-14(11)19-13-9-17-18(2)10-13/h4-5,7,9-10,16H,3,6,8H2,1-2H3. The number of nitrogens with one attached hydrogen (secondary N) is 1. The van der Waals surface area contributed by atoms with E-state index in [2.05, 4.69) is 17.3 Å². The summed E-state index contributed by atoms with van der Waals surface area (Å²) >= 11 is 6.04. The van der Waals surface area contributed by atoms with Gasteiger partial charge in [0.15, 0.2) is 5.75 Å². The molecular formula is C14H18ClN3O. The molecule has 0 unspecified atom stereocenters. The fourth-order valence-corrected chi connectivity index (χ4v) is 1.96. The Morgan fingerprint density at radius 2 is 2.26 bits per heavy atom. The van der Waals surface area contributed by atoms with Gasteiger partial charge in [0.05, 0.1) is 12.4 Å². The number of aromatic nitrogens is 2. The molecule has 0 saturated heterocycles. The number of hydrogen-bond acceptors (Lipinski definition) is 3. The third-order valence-electron chi connectivity index (χ3n) is 2.67. The lowest BCUT2D eigenvalue weighted by Crippen LogP contribution is -2.14. The van der Waals surface area contributed by atoms with Crippen molar-refractivity contribution in [3.8, 4) is 11.5 Å². The summed E-state index contributed by atoms with van der Waals surface area (Å²) in [6, 6.07) is 5.64. The Kier molecular flexibility index (Phi) is 4.82. The van der Waals surface area contributed by atoms with Crippen molar-refractivity contribution in [3.05, 3.63) is 41.2 Å². The van der Waals surface area contributed by atoms with Crippen molar-refractivity contribution >= 4 is 11.6 Å². The Hall–Kier alpha value is -1.52. The van der Waals surface area contributed by atoms with Crippen LogP contribution >= 0.6 is 11.6 Å². The first-order chi connectivity index (χ1) is 9.19. The van der Waals surface area contributed by atoms with Crippen LogP contribution in [0.5, 0.6) is 11.5 Å². The van der Waals surface area contributed by atoms with Gasteiger partial charge in [0.2, 0.25) is 0 Å². The number of hydrogen-bond donors (Lipinski definition) is 1. The largest absolute Gasteiger partial charge is 0.454 e. The molecule has 19 heavy (non-hydrogen) atoms. The highest BCUT2D eigenvalue weighted by molar-refractivity contribution is 6.30. The fraction of sp³-hybridized carbons (Fsp3) is 0.357. The first kappa shape index (κ1) is 13.9. The molecule has 1 N–H and O–H groups in total. The zero-order valence-electron chi connectivity index (χ0n) is 11.2. The summed E-state index contributed by atoms with van der Waals surface area (Å²) in [6.07, 6.45) is 4.62. The van der Waals surface area contributed by atoms with Gasteiger partial charge in [0.25, 0.3) is 0 Å². The Labute approximate surface area is 118 Å². The van der Waals surface area contributed by atoms with Crippen molar-refractivity contribution < 1.29 is 4.74 Å².